The summed E-state index contributed by atoms with van der Waals surface area (Å²) in [6.07, 6.45) is 0. The monoisotopic (exact) mass is 289 g/mol. The van der Waals surface area contributed by atoms with Crippen LogP contribution in [-0.4, -0.2) is 17.0 Å². The van der Waals surface area contributed by atoms with Gasteiger partial charge >= 0.3 is 0 Å². The smallest absolute Gasteiger partial charge is 0.219 e. The normalized spacial score (nSPS) is 11.3. The summed E-state index contributed by atoms with van der Waals surface area (Å²) in [6.45, 7) is 6.23. The Kier molecular flexibility index (Phi) is 4.40. The molecule has 0 unspecified atom stereocenters. The highest BCUT2D eigenvalue weighted by Crippen LogP contribution is 2.23. The summed E-state index contributed by atoms with van der Waals surface area (Å²) in [5, 5.41) is 2.98. The molecule has 1 heterocycles. The molecule has 2 rings (SSSR count). The molecule has 4 nitrogen and oxygen atoms in total. The molecule has 0 fully saturated rings. The van der Waals surface area contributed by atoms with Gasteiger partial charge in [0.2, 0.25) is 5.88 Å². The maximum Gasteiger partial charge on any atom is 0.219 e. The number of hydrogen-bond acceptors (Lipinski definition) is 4. The first-order valence-electron chi connectivity index (χ1n) is 6.83. The second kappa shape index (κ2) is 6.08. The Morgan fingerprint density at radius 3 is 2.52 bits per heavy atom. The van der Waals surface area contributed by atoms with Crippen LogP contribution < -0.4 is 10.1 Å². The lowest BCUT2D eigenvalue weighted by Crippen LogP contribution is -2.17. The fourth-order valence-corrected chi connectivity index (χ4v) is 1.73. The van der Waals surface area contributed by atoms with Crippen molar-refractivity contribution >= 4 is 5.82 Å². The summed E-state index contributed by atoms with van der Waals surface area (Å²) in [4.78, 5) is 8.82. The number of benzene rings is 1. The molecule has 0 amide bonds. The van der Waals surface area contributed by atoms with E-state index in [-0.39, 0.29) is 17.8 Å². The van der Waals surface area contributed by atoms with E-state index in [2.05, 4.69) is 15.3 Å². The maximum absolute atomic E-state index is 13.6. The highest BCUT2D eigenvalue weighted by molar-refractivity contribution is 5.38. The third-order valence-electron chi connectivity index (χ3n) is 2.96. The van der Waals surface area contributed by atoms with Gasteiger partial charge in [-0.1, -0.05) is 39.0 Å². The number of ether oxygens (including phenoxy) is 1. The van der Waals surface area contributed by atoms with E-state index in [4.69, 9.17) is 4.74 Å². The van der Waals surface area contributed by atoms with Crippen molar-refractivity contribution in [3.63, 3.8) is 0 Å². The molecule has 1 aromatic carbocycles. The van der Waals surface area contributed by atoms with Crippen LogP contribution in [-0.2, 0) is 12.0 Å². The van der Waals surface area contributed by atoms with Gasteiger partial charge < -0.3 is 10.1 Å². The quantitative estimate of drug-likeness (QED) is 0.935. The zero-order valence-electron chi connectivity index (χ0n) is 12.8. The molecule has 0 aliphatic heterocycles. The summed E-state index contributed by atoms with van der Waals surface area (Å²) < 4.78 is 19.2. The first kappa shape index (κ1) is 15.2. The van der Waals surface area contributed by atoms with E-state index in [0.717, 1.165) is 0 Å². The number of hydrogen-bond donors (Lipinski definition) is 1. The predicted molar refractivity (Wildman–Crippen MR) is 81.0 cm³/mol. The van der Waals surface area contributed by atoms with Gasteiger partial charge in [-0.25, -0.2) is 9.37 Å². The van der Waals surface area contributed by atoms with Crippen LogP contribution in [0.1, 0.15) is 32.2 Å². The maximum atomic E-state index is 13.6. The number of nitrogens with zero attached hydrogens (tertiary/aromatic N) is 2. The summed E-state index contributed by atoms with van der Waals surface area (Å²) in [5.74, 6) is 1.51. The molecule has 0 saturated carbocycles. The Hall–Kier alpha value is -2.17. The molecule has 0 atom stereocenters. The zero-order valence-corrected chi connectivity index (χ0v) is 12.8. The van der Waals surface area contributed by atoms with Gasteiger partial charge in [-0.05, 0) is 6.07 Å². The minimum absolute atomic E-state index is 0.135. The lowest BCUT2D eigenvalue weighted by atomic mass is 9.96. The molecule has 0 aliphatic rings. The zero-order chi connectivity index (χ0) is 15.5. The number of nitrogens with one attached hydrogen (secondary N) is 1. The third-order valence-corrected chi connectivity index (χ3v) is 2.96. The van der Waals surface area contributed by atoms with Crippen LogP contribution in [0.25, 0.3) is 0 Å². The lowest BCUT2D eigenvalue weighted by Gasteiger charge is -2.18. The van der Waals surface area contributed by atoms with Crippen molar-refractivity contribution in [1.29, 1.82) is 0 Å². The summed E-state index contributed by atoms with van der Waals surface area (Å²) in [5.41, 5.74) is 0.308. The second-order valence-electron chi connectivity index (χ2n) is 5.80. The SMILES string of the molecule is CNc1cc(OCc2ccccc2F)nc(C(C)(C)C)n1. The van der Waals surface area contributed by atoms with E-state index < -0.39 is 0 Å². The van der Waals surface area contributed by atoms with Crippen LogP contribution in [0, 0.1) is 5.82 Å². The summed E-state index contributed by atoms with van der Waals surface area (Å²) in [7, 11) is 1.79. The van der Waals surface area contributed by atoms with E-state index in [0.29, 0.717) is 23.1 Å². The highest BCUT2D eigenvalue weighted by Gasteiger charge is 2.19. The number of aromatic nitrogens is 2. The van der Waals surface area contributed by atoms with Gasteiger partial charge in [0.1, 0.15) is 24.1 Å². The molecular weight excluding hydrogens is 269 g/mol. The Morgan fingerprint density at radius 1 is 1.19 bits per heavy atom. The van der Waals surface area contributed by atoms with E-state index in [1.807, 2.05) is 20.8 Å². The van der Waals surface area contributed by atoms with E-state index in [9.17, 15) is 4.39 Å². The van der Waals surface area contributed by atoms with E-state index in [1.54, 1.807) is 31.3 Å². The van der Waals surface area contributed by atoms with Gasteiger partial charge in [-0.2, -0.15) is 4.98 Å². The molecule has 1 N–H and O–H groups in total. The van der Waals surface area contributed by atoms with Gasteiger partial charge in [-0.3, -0.25) is 0 Å². The van der Waals surface area contributed by atoms with Crippen LogP contribution in [0.2, 0.25) is 0 Å². The summed E-state index contributed by atoms with van der Waals surface area (Å²) in [6, 6.07) is 8.25. The van der Waals surface area contributed by atoms with Crippen LogP contribution in [0.3, 0.4) is 0 Å². The Labute approximate surface area is 124 Å². The molecule has 0 aliphatic carbocycles. The lowest BCUT2D eigenvalue weighted by molar-refractivity contribution is 0.285. The van der Waals surface area contributed by atoms with Gasteiger partial charge in [0.25, 0.3) is 0 Å². The minimum atomic E-state index is -0.281. The van der Waals surface area contributed by atoms with Gasteiger partial charge in [-0.15, -0.1) is 0 Å². The van der Waals surface area contributed by atoms with Crippen molar-refractivity contribution in [2.24, 2.45) is 0 Å². The predicted octanol–water partition coefficient (Wildman–Crippen LogP) is 3.53. The Balaban J connectivity index is 2.22. The minimum Gasteiger partial charge on any atom is -0.473 e. The van der Waals surface area contributed by atoms with Crippen LogP contribution in [0.5, 0.6) is 5.88 Å². The van der Waals surface area contributed by atoms with Crippen molar-refractivity contribution in [1.82, 2.24) is 9.97 Å². The fourth-order valence-electron chi connectivity index (χ4n) is 1.73. The van der Waals surface area contributed by atoms with E-state index in [1.165, 1.54) is 6.07 Å². The molecule has 112 valence electrons. The molecule has 0 spiro atoms. The Bertz CT molecular complexity index is 623. The van der Waals surface area contributed by atoms with Crippen molar-refractivity contribution in [3.05, 3.63) is 47.5 Å². The van der Waals surface area contributed by atoms with Crippen molar-refractivity contribution < 1.29 is 9.13 Å². The number of rotatable bonds is 4. The van der Waals surface area contributed by atoms with Crippen molar-refractivity contribution in [2.45, 2.75) is 32.8 Å². The topological polar surface area (TPSA) is 47.0 Å². The molecular formula is C16H20FN3O. The van der Waals surface area contributed by atoms with Gasteiger partial charge in [0.05, 0.1) is 0 Å². The van der Waals surface area contributed by atoms with Crippen molar-refractivity contribution in [2.75, 3.05) is 12.4 Å². The molecule has 21 heavy (non-hydrogen) atoms. The molecule has 5 heteroatoms. The van der Waals surface area contributed by atoms with Gasteiger partial charge in [0.15, 0.2) is 0 Å². The molecule has 0 bridgehead atoms. The summed E-state index contributed by atoms with van der Waals surface area (Å²) >= 11 is 0. The Morgan fingerprint density at radius 2 is 1.90 bits per heavy atom. The molecule has 0 saturated heterocycles. The van der Waals surface area contributed by atoms with Crippen LogP contribution >= 0.6 is 0 Å². The average molecular weight is 289 g/mol. The molecule has 0 radical (unpaired) electrons. The first-order chi connectivity index (χ1) is 9.90. The largest absolute Gasteiger partial charge is 0.473 e. The first-order valence-corrected chi connectivity index (χ1v) is 6.83. The number of anilines is 1. The third kappa shape index (κ3) is 3.90. The molecule has 2 aromatic rings. The fraction of sp³-hybridized carbons (Fsp3) is 0.375. The van der Waals surface area contributed by atoms with Gasteiger partial charge in [0, 0.05) is 24.1 Å². The average Bonchev–Trinajstić information content (AvgIpc) is 2.45. The standard InChI is InChI=1S/C16H20FN3O/c1-16(2,3)15-19-13(18-4)9-14(20-15)21-10-11-7-5-6-8-12(11)17/h5-9H,10H2,1-4H3,(H,18,19,20). The van der Waals surface area contributed by atoms with Crippen LogP contribution in [0.4, 0.5) is 10.2 Å². The number of halogens is 1. The van der Waals surface area contributed by atoms with Crippen molar-refractivity contribution in [3.8, 4) is 5.88 Å². The van der Waals surface area contributed by atoms with E-state index >= 15 is 0 Å². The van der Waals surface area contributed by atoms with Crippen LogP contribution in [0.15, 0.2) is 30.3 Å². The second-order valence-corrected chi connectivity index (χ2v) is 5.80. The molecule has 1 aromatic heterocycles. The highest BCUT2D eigenvalue weighted by atomic mass is 19.1.